The molecule has 1 aromatic carbocycles. The Bertz CT molecular complexity index is 491. The van der Waals surface area contributed by atoms with E-state index in [1.165, 1.54) is 0 Å². The highest BCUT2D eigenvalue weighted by atomic mass is 19.2. The third-order valence-corrected chi connectivity index (χ3v) is 2.15. The third-order valence-electron chi connectivity index (χ3n) is 2.15. The molecule has 0 saturated carbocycles. The molecule has 0 bridgehead atoms. The highest BCUT2D eigenvalue weighted by Crippen LogP contribution is 2.16. The number of hydrogen-bond acceptors (Lipinski definition) is 3. The highest BCUT2D eigenvalue weighted by molar-refractivity contribution is 6.06. The lowest BCUT2D eigenvalue weighted by molar-refractivity contribution is -0.134. The van der Waals surface area contributed by atoms with Crippen molar-refractivity contribution in [3.05, 3.63) is 46.9 Å². The van der Waals surface area contributed by atoms with Gasteiger partial charge in [-0.15, -0.1) is 0 Å². The van der Waals surface area contributed by atoms with Crippen LogP contribution < -0.4 is 5.23 Å². The summed E-state index contributed by atoms with van der Waals surface area (Å²) < 4.78 is 43.3. The smallest absolute Gasteiger partial charge is 0.332 e. The van der Waals surface area contributed by atoms with E-state index in [4.69, 9.17) is 7.98 Å². The number of esters is 1. The van der Waals surface area contributed by atoms with Crippen molar-refractivity contribution in [3.8, 4) is 0 Å². The lowest BCUT2D eigenvalue weighted by atomic mass is 10.1. The summed E-state index contributed by atoms with van der Waals surface area (Å²) in [6.45, 7) is 0. The fourth-order valence-corrected chi connectivity index (χ4v) is 1.25. The van der Waals surface area contributed by atoms with Crippen molar-refractivity contribution in [3.63, 3.8) is 0 Å². The van der Waals surface area contributed by atoms with Gasteiger partial charge in [-0.25, -0.2) is 18.0 Å². The van der Waals surface area contributed by atoms with Crippen molar-refractivity contribution in [2.45, 2.75) is 6.42 Å². The van der Waals surface area contributed by atoms with Crippen molar-refractivity contribution in [1.82, 2.24) is 5.23 Å². The molecule has 0 aromatic heterocycles. The summed E-state index contributed by atoms with van der Waals surface area (Å²) in [4.78, 5) is 11.0. The Morgan fingerprint density at radius 1 is 1.33 bits per heavy atom. The maximum atomic E-state index is 13.3. The van der Waals surface area contributed by atoms with Crippen LogP contribution >= 0.6 is 0 Å². The van der Waals surface area contributed by atoms with Crippen LogP contribution in [0.5, 0.6) is 0 Å². The first-order valence-corrected chi connectivity index (χ1v) is 4.86. The standard InChI is InChI=1S/C11H9BF3NO2/c1-18-11(17)4-7(16-12)2-6-3-9(14)10(15)5-8(6)13/h3-5,16H,2H2,1H3/b7-4-. The summed E-state index contributed by atoms with van der Waals surface area (Å²) >= 11 is 0. The number of allylic oxidation sites excluding steroid dienone is 1. The molecular weight excluding hydrogens is 246 g/mol. The number of halogens is 3. The molecule has 1 aromatic rings. The highest BCUT2D eigenvalue weighted by Gasteiger charge is 2.11. The lowest BCUT2D eigenvalue weighted by Gasteiger charge is -2.08. The summed E-state index contributed by atoms with van der Waals surface area (Å²) in [6, 6.07) is 1.13. The van der Waals surface area contributed by atoms with Gasteiger partial charge in [0.25, 0.3) is 0 Å². The quantitative estimate of drug-likeness (QED) is 0.382. The lowest BCUT2D eigenvalue weighted by Crippen LogP contribution is -2.14. The number of carbonyl (C=O) groups excluding carboxylic acids is 1. The second kappa shape index (κ2) is 6.14. The molecule has 7 heteroatoms. The monoisotopic (exact) mass is 255 g/mol. The molecule has 2 radical (unpaired) electrons. The number of rotatable bonds is 4. The van der Waals surface area contributed by atoms with Gasteiger partial charge in [0.1, 0.15) is 5.82 Å². The summed E-state index contributed by atoms with van der Waals surface area (Å²) in [5.41, 5.74) is -0.0336. The van der Waals surface area contributed by atoms with Gasteiger partial charge in [-0.3, -0.25) is 0 Å². The Hall–Kier alpha value is -1.92. The van der Waals surface area contributed by atoms with Crippen molar-refractivity contribution in [2.24, 2.45) is 0 Å². The summed E-state index contributed by atoms with van der Waals surface area (Å²) in [5, 5.41) is 2.15. The van der Waals surface area contributed by atoms with Crippen molar-refractivity contribution >= 4 is 14.0 Å². The average Bonchev–Trinajstić information content (AvgIpc) is 2.34. The number of nitrogens with one attached hydrogen (secondary N) is 1. The van der Waals surface area contributed by atoms with E-state index < -0.39 is 23.4 Å². The van der Waals surface area contributed by atoms with E-state index in [0.29, 0.717) is 12.1 Å². The molecule has 0 aliphatic carbocycles. The zero-order valence-electron chi connectivity index (χ0n) is 9.47. The molecular formula is C11H9BF3NO2. The minimum atomic E-state index is -1.28. The van der Waals surface area contributed by atoms with E-state index >= 15 is 0 Å². The minimum absolute atomic E-state index is 0.103. The van der Waals surface area contributed by atoms with Gasteiger partial charge >= 0.3 is 5.97 Å². The summed E-state index contributed by atoms with van der Waals surface area (Å²) in [5.74, 6) is -4.10. The normalized spacial score (nSPS) is 11.2. The van der Waals surface area contributed by atoms with Gasteiger partial charge in [-0.2, -0.15) is 0 Å². The van der Waals surface area contributed by atoms with Crippen LogP contribution in [0.3, 0.4) is 0 Å². The topological polar surface area (TPSA) is 38.3 Å². The number of carbonyl (C=O) groups is 1. The predicted octanol–water partition coefficient (Wildman–Crippen LogP) is 1.38. The van der Waals surface area contributed by atoms with E-state index in [-0.39, 0.29) is 17.7 Å². The Morgan fingerprint density at radius 3 is 2.50 bits per heavy atom. The van der Waals surface area contributed by atoms with Crippen molar-refractivity contribution in [2.75, 3.05) is 7.11 Å². The molecule has 0 fully saturated rings. The van der Waals surface area contributed by atoms with Gasteiger partial charge in [0, 0.05) is 24.3 Å². The number of methoxy groups -OCH3 is 1. The van der Waals surface area contributed by atoms with Crippen LogP contribution in [-0.4, -0.2) is 21.1 Å². The van der Waals surface area contributed by atoms with Gasteiger partial charge in [-0.05, 0) is 11.6 Å². The third kappa shape index (κ3) is 3.54. The molecule has 0 amide bonds. The first-order chi connectivity index (χ1) is 8.47. The Labute approximate surface area is 103 Å². The Kier molecular flexibility index (Phi) is 4.82. The second-order valence-electron chi connectivity index (χ2n) is 3.37. The van der Waals surface area contributed by atoms with E-state index in [2.05, 4.69) is 9.96 Å². The molecule has 18 heavy (non-hydrogen) atoms. The average molecular weight is 255 g/mol. The van der Waals surface area contributed by atoms with Gasteiger partial charge in [0.05, 0.1) is 7.11 Å². The van der Waals surface area contributed by atoms with Gasteiger partial charge in [-0.1, -0.05) is 0 Å². The maximum absolute atomic E-state index is 13.3. The number of ether oxygens (including phenoxy) is 1. The SMILES string of the molecule is [B]N/C(=C\C(=O)OC)Cc1cc(F)c(F)cc1F. The molecule has 0 saturated heterocycles. The van der Waals surface area contributed by atoms with E-state index in [1.807, 2.05) is 0 Å². The molecule has 0 unspecified atom stereocenters. The van der Waals surface area contributed by atoms with E-state index in [9.17, 15) is 18.0 Å². The fourth-order valence-electron chi connectivity index (χ4n) is 1.25. The van der Waals surface area contributed by atoms with Crippen molar-refractivity contribution < 1.29 is 22.7 Å². The van der Waals surface area contributed by atoms with Crippen LogP contribution in [0.4, 0.5) is 13.2 Å². The molecule has 0 heterocycles. The van der Waals surface area contributed by atoms with Crippen LogP contribution in [0, 0.1) is 17.5 Å². The zero-order chi connectivity index (χ0) is 13.7. The minimum Gasteiger partial charge on any atom is -0.466 e. The van der Waals surface area contributed by atoms with E-state index in [1.54, 1.807) is 0 Å². The first kappa shape index (κ1) is 14.1. The number of hydrogen-bond donors (Lipinski definition) is 1. The predicted molar refractivity (Wildman–Crippen MR) is 59.0 cm³/mol. The largest absolute Gasteiger partial charge is 0.466 e. The van der Waals surface area contributed by atoms with Gasteiger partial charge in [0.15, 0.2) is 11.6 Å². The zero-order valence-corrected chi connectivity index (χ0v) is 9.47. The summed E-state index contributed by atoms with van der Waals surface area (Å²) in [6.07, 6.45) is 0.787. The molecule has 0 aliphatic rings. The van der Waals surface area contributed by atoms with E-state index in [0.717, 1.165) is 13.2 Å². The van der Waals surface area contributed by atoms with Crippen LogP contribution in [0.2, 0.25) is 0 Å². The van der Waals surface area contributed by atoms with Gasteiger partial charge < -0.3 is 9.96 Å². The van der Waals surface area contributed by atoms with Gasteiger partial charge in [0.2, 0.25) is 7.98 Å². The first-order valence-electron chi connectivity index (χ1n) is 4.86. The molecule has 1 rings (SSSR count). The number of benzene rings is 1. The fraction of sp³-hybridized carbons (Fsp3) is 0.182. The van der Waals surface area contributed by atoms with Crippen LogP contribution in [-0.2, 0) is 16.0 Å². The Morgan fingerprint density at radius 2 is 1.94 bits per heavy atom. The van der Waals surface area contributed by atoms with Crippen LogP contribution in [0.25, 0.3) is 0 Å². The molecule has 0 spiro atoms. The molecule has 1 N–H and O–H groups in total. The summed E-state index contributed by atoms with van der Waals surface area (Å²) in [7, 11) is 6.28. The Balaban J connectivity index is 2.99. The van der Waals surface area contributed by atoms with Crippen LogP contribution in [0.1, 0.15) is 5.56 Å². The molecule has 3 nitrogen and oxygen atoms in total. The maximum Gasteiger partial charge on any atom is 0.332 e. The molecule has 94 valence electrons. The van der Waals surface area contributed by atoms with Crippen LogP contribution in [0.15, 0.2) is 23.9 Å². The van der Waals surface area contributed by atoms with Crippen molar-refractivity contribution in [1.29, 1.82) is 0 Å². The molecule has 0 atom stereocenters. The second-order valence-corrected chi connectivity index (χ2v) is 3.37. The molecule has 0 aliphatic heterocycles.